The van der Waals surface area contributed by atoms with Crippen LogP contribution in [-0.4, -0.2) is 29.9 Å². The first-order valence-electron chi connectivity index (χ1n) is 8.66. The quantitative estimate of drug-likeness (QED) is 0.415. The highest BCUT2D eigenvalue weighted by molar-refractivity contribution is 14.0. The smallest absolute Gasteiger partial charge is 0.244 e. The van der Waals surface area contributed by atoms with Gasteiger partial charge in [0, 0.05) is 18.8 Å². The van der Waals surface area contributed by atoms with Gasteiger partial charge < -0.3 is 16.0 Å². The van der Waals surface area contributed by atoms with Crippen molar-refractivity contribution in [1.82, 2.24) is 4.90 Å². The first-order valence-corrected chi connectivity index (χ1v) is 8.66. The summed E-state index contributed by atoms with van der Waals surface area (Å²) < 4.78 is 0. The van der Waals surface area contributed by atoms with Gasteiger partial charge in [0.1, 0.15) is 6.54 Å². The SMILES string of the molecule is CCc1cccc(NC(N)=NCC(=O)N2CCc3ccccc3C2)c1.I. The van der Waals surface area contributed by atoms with Gasteiger partial charge in [0.05, 0.1) is 0 Å². The van der Waals surface area contributed by atoms with Crippen molar-refractivity contribution in [2.75, 3.05) is 18.4 Å². The molecule has 3 rings (SSSR count). The summed E-state index contributed by atoms with van der Waals surface area (Å²) in [5, 5.41) is 3.05. The number of benzene rings is 2. The van der Waals surface area contributed by atoms with Gasteiger partial charge in [-0.05, 0) is 41.7 Å². The Bertz CT molecular complexity index is 791. The number of fused-ring (bicyclic) bond motifs is 1. The van der Waals surface area contributed by atoms with Crippen LogP contribution in [0.3, 0.4) is 0 Å². The van der Waals surface area contributed by atoms with Crippen LogP contribution in [0.4, 0.5) is 5.69 Å². The van der Waals surface area contributed by atoms with E-state index in [1.54, 1.807) is 0 Å². The van der Waals surface area contributed by atoms with Crippen molar-refractivity contribution < 1.29 is 4.79 Å². The second kappa shape index (κ2) is 9.56. The first-order chi connectivity index (χ1) is 12.2. The number of nitrogens with zero attached hydrogens (tertiary/aromatic N) is 2. The summed E-state index contributed by atoms with van der Waals surface area (Å²) in [6.07, 6.45) is 1.85. The number of nitrogens with two attached hydrogens (primary N) is 1. The molecule has 0 aromatic heterocycles. The summed E-state index contributed by atoms with van der Waals surface area (Å²) in [6, 6.07) is 16.3. The molecule has 1 heterocycles. The summed E-state index contributed by atoms with van der Waals surface area (Å²) in [7, 11) is 0. The Hall–Kier alpha value is -2.09. The first kappa shape index (κ1) is 20.2. The van der Waals surface area contributed by atoms with Crippen molar-refractivity contribution >= 4 is 41.5 Å². The minimum Gasteiger partial charge on any atom is -0.370 e. The Labute approximate surface area is 171 Å². The molecule has 0 spiro atoms. The third kappa shape index (κ3) is 5.20. The molecule has 3 N–H and O–H groups in total. The number of aliphatic imine (C=N–C) groups is 1. The van der Waals surface area contributed by atoms with Gasteiger partial charge >= 0.3 is 0 Å². The van der Waals surface area contributed by atoms with Gasteiger partial charge in [-0.15, -0.1) is 24.0 Å². The molecular weight excluding hydrogens is 439 g/mol. The summed E-state index contributed by atoms with van der Waals surface area (Å²) in [4.78, 5) is 18.4. The van der Waals surface area contributed by atoms with E-state index in [9.17, 15) is 4.79 Å². The summed E-state index contributed by atoms with van der Waals surface area (Å²) in [5.41, 5.74) is 10.6. The molecule has 1 amide bonds. The molecule has 0 fully saturated rings. The topological polar surface area (TPSA) is 70.7 Å². The van der Waals surface area contributed by atoms with Gasteiger partial charge in [-0.1, -0.05) is 43.3 Å². The van der Waals surface area contributed by atoms with Crippen LogP contribution in [0.25, 0.3) is 0 Å². The Balaban J connectivity index is 0.00000243. The van der Waals surface area contributed by atoms with E-state index >= 15 is 0 Å². The van der Waals surface area contributed by atoms with Gasteiger partial charge in [0.25, 0.3) is 0 Å². The molecule has 6 heteroatoms. The average molecular weight is 464 g/mol. The van der Waals surface area contributed by atoms with E-state index in [-0.39, 0.29) is 42.4 Å². The summed E-state index contributed by atoms with van der Waals surface area (Å²) in [5.74, 6) is 0.264. The molecule has 5 nitrogen and oxygen atoms in total. The van der Waals surface area contributed by atoms with E-state index < -0.39 is 0 Å². The van der Waals surface area contributed by atoms with Crippen LogP contribution in [-0.2, 0) is 24.2 Å². The number of amides is 1. The molecule has 0 bridgehead atoms. The molecule has 0 atom stereocenters. The molecule has 1 aliphatic rings. The minimum atomic E-state index is 0. The zero-order valence-corrected chi connectivity index (χ0v) is 17.3. The number of carbonyl (C=O) groups excluding carboxylic acids is 1. The van der Waals surface area contributed by atoms with Crippen molar-refractivity contribution in [2.24, 2.45) is 10.7 Å². The normalized spacial score (nSPS) is 13.6. The summed E-state index contributed by atoms with van der Waals surface area (Å²) in [6.45, 7) is 3.55. The largest absolute Gasteiger partial charge is 0.370 e. The molecule has 138 valence electrons. The highest BCUT2D eigenvalue weighted by Gasteiger charge is 2.19. The van der Waals surface area contributed by atoms with Crippen molar-refractivity contribution in [3.8, 4) is 0 Å². The van der Waals surface area contributed by atoms with E-state index in [1.807, 2.05) is 35.2 Å². The van der Waals surface area contributed by atoms with Crippen LogP contribution >= 0.6 is 24.0 Å². The number of aryl methyl sites for hydroxylation is 1. The van der Waals surface area contributed by atoms with Gasteiger partial charge in [-0.3, -0.25) is 4.79 Å². The van der Waals surface area contributed by atoms with Gasteiger partial charge in [-0.2, -0.15) is 0 Å². The minimum absolute atomic E-state index is 0. The predicted octanol–water partition coefficient (Wildman–Crippen LogP) is 3.18. The number of halogens is 1. The van der Waals surface area contributed by atoms with E-state index in [0.29, 0.717) is 6.54 Å². The molecule has 0 saturated carbocycles. The fraction of sp³-hybridized carbons (Fsp3) is 0.300. The molecular formula is C20H25IN4O. The van der Waals surface area contributed by atoms with Crippen molar-refractivity contribution in [3.05, 3.63) is 65.2 Å². The lowest BCUT2D eigenvalue weighted by atomic mass is 10.00. The fourth-order valence-corrected chi connectivity index (χ4v) is 3.02. The zero-order chi connectivity index (χ0) is 17.6. The third-order valence-electron chi connectivity index (χ3n) is 4.48. The van der Waals surface area contributed by atoms with Gasteiger partial charge in [0.2, 0.25) is 5.91 Å². The van der Waals surface area contributed by atoms with Crippen LogP contribution in [0.1, 0.15) is 23.6 Å². The maximum absolute atomic E-state index is 12.4. The second-order valence-corrected chi connectivity index (χ2v) is 6.21. The molecule has 0 radical (unpaired) electrons. The number of anilines is 1. The second-order valence-electron chi connectivity index (χ2n) is 6.21. The molecule has 2 aromatic rings. The van der Waals surface area contributed by atoms with Crippen LogP contribution in [0, 0.1) is 0 Å². The maximum Gasteiger partial charge on any atom is 0.244 e. The molecule has 26 heavy (non-hydrogen) atoms. The van der Waals surface area contributed by atoms with E-state index in [0.717, 1.165) is 25.1 Å². The van der Waals surface area contributed by atoms with E-state index in [4.69, 9.17) is 5.73 Å². The third-order valence-corrected chi connectivity index (χ3v) is 4.48. The number of guanidine groups is 1. The van der Waals surface area contributed by atoms with Gasteiger partial charge in [0.15, 0.2) is 5.96 Å². The fourth-order valence-electron chi connectivity index (χ4n) is 3.02. The van der Waals surface area contributed by atoms with Crippen LogP contribution < -0.4 is 11.1 Å². The van der Waals surface area contributed by atoms with Gasteiger partial charge in [-0.25, -0.2) is 4.99 Å². The lowest BCUT2D eigenvalue weighted by Gasteiger charge is -2.28. The molecule has 0 unspecified atom stereocenters. The Morgan fingerprint density at radius 1 is 1.19 bits per heavy atom. The maximum atomic E-state index is 12.4. The van der Waals surface area contributed by atoms with E-state index in [2.05, 4.69) is 35.4 Å². The van der Waals surface area contributed by atoms with Crippen molar-refractivity contribution in [2.45, 2.75) is 26.3 Å². The van der Waals surface area contributed by atoms with Crippen LogP contribution in [0.2, 0.25) is 0 Å². The number of rotatable bonds is 4. The molecule has 2 aromatic carbocycles. The molecule has 0 saturated heterocycles. The molecule has 0 aliphatic carbocycles. The highest BCUT2D eigenvalue weighted by atomic mass is 127. The van der Waals surface area contributed by atoms with Crippen LogP contribution in [0.15, 0.2) is 53.5 Å². The highest BCUT2D eigenvalue weighted by Crippen LogP contribution is 2.18. The van der Waals surface area contributed by atoms with Crippen molar-refractivity contribution in [1.29, 1.82) is 0 Å². The monoisotopic (exact) mass is 464 g/mol. The Kier molecular flexibility index (Phi) is 7.44. The Morgan fingerprint density at radius 3 is 2.73 bits per heavy atom. The summed E-state index contributed by atoms with van der Waals surface area (Å²) >= 11 is 0. The van der Waals surface area contributed by atoms with Crippen molar-refractivity contribution in [3.63, 3.8) is 0 Å². The number of carbonyl (C=O) groups is 1. The number of hydrogen-bond donors (Lipinski definition) is 2. The van der Waals surface area contributed by atoms with E-state index in [1.165, 1.54) is 16.7 Å². The molecule has 1 aliphatic heterocycles. The standard InChI is InChI=1S/C20H24N4O.HI/c1-2-15-6-5-9-18(12-15)23-20(21)22-13-19(25)24-11-10-16-7-3-4-8-17(16)14-24;/h3-9,12H,2,10-11,13-14H2,1H3,(H3,21,22,23);1H. The lowest BCUT2D eigenvalue weighted by Crippen LogP contribution is -2.38. The number of nitrogens with one attached hydrogen (secondary N) is 1. The Morgan fingerprint density at radius 2 is 1.96 bits per heavy atom. The zero-order valence-electron chi connectivity index (χ0n) is 14.9. The average Bonchev–Trinajstić information content (AvgIpc) is 2.65. The lowest BCUT2D eigenvalue weighted by molar-refractivity contribution is -0.130. The van der Waals surface area contributed by atoms with Crippen LogP contribution in [0.5, 0.6) is 0 Å². The number of hydrogen-bond acceptors (Lipinski definition) is 2. The predicted molar refractivity (Wildman–Crippen MR) is 117 cm³/mol.